The third-order valence-corrected chi connectivity index (χ3v) is 1.33. The van der Waals surface area contributed by atoms with Crippen molar-refractivity contribution in [3.05, 3.63) is 0 Å². The molecule has 4 atom stereocenters. The van der Waals surface area contributed by atoms with E-state index in [1.165, 1.54) is 0 Å². The van der Waals surface area contributed by atoms with Crippen molar-refractivity contribution in [3.63, 3.8) is 0 Å². The van der Waals surface area contributed by atoms with E-state index in [1.54, 1.807) is 0 Å². The van der Waals surface area contributed by atoms with Gasteiger partial charge in [0.1, 0.15) is 12.2 Å². The van der Waals surface area contributed by atoms with Gasteiger partial charge in [-0.05, 0) is 0 Å². The van der Waals surface area contributed by atoms with Crippen LogP contribution in [-0.4, -0.2) is 45.1 Å². The van der Waals surface area contributed by atoms with Crippen LogP contribution >= 0.6 is 9.24 Å². The lowest BCUT2D eigenvalue weighted by Gasteiger charge is -2.17. The summed E-state index contributed by atoms with van der Waals surface area (Å²) >= 11 is 0. The highest BCUT2D eigenvalue weighted by Gasteiger charge is 2.19. The Labute approximate surface area is 55.3 Å². The van der Waals surface area contributed by atoms with Crippen LogP contribution in [-0.2, 0) is 0 Å². The maximum Gasteiger partial charge on any atom is 0.111 e. The summed E-state index contributed by atoms with van der Waals surface area (Å²) in [7, 11) is 1.91. The van der Waals surface area contributed by atoms with Crippen LogP contribution in [0.1, 0.15) is 0 Å². The van der Waals surface area contributed by atoms with Crippen LogP contribution in [0.5, 0.6) is 0 Å². The second kappa shape index (κ2) is 4.14. The quantitative estimate of drug-likeness (QED) is 0.351. The Morgan fingerprint density at radius 1 is 1.22 bits per heavy atom. The molecule has 9 heavy (non-hydrogen) atoms. The first-order chi connectivity index (χ1) is 4.09. The van der Waals surface area contributed by atoms with Crippen LogP contribution in [0, 0.1) is 0 Å². The lowest BCUT2D eigenvalue weighted by Crippen LogP contribution is -2.36. The van der Waals surface area contributed by atoms with Gasteiger partial charge in [0.05, 0.1) is 12.5 Å². The number of aliphatic hydroxyl groups excluding tert-OH is 4. The van der Waals surface area contributed by atoms with Gasteiger partial charge in [0.25, 0.3) is 0 Å². The summed E-state index contributed by atoms with van der Waals surface area (Å²) in [6.45, 7) is -0.549. The second-order valence-electron chi connectivity index (χ2n) is 1.73. The largest absolute Gasteiger partial charge is 0.394 e. The van der Waals surface area contributed by atoms with Gasteiger partial charge in [0.2, 0.25) is 0 Å². The van der Waals surface area contributed by atoms with E-state index in [-0.39, 0.29) is 0 Å². The minimum atomic E-state index is -1.29. The highest BCUT2D eigenvalue weighted by molar-refractivity contribution is 7.17. The molecule has 4 N–H and O–H groups in total. The minimum absolute atomic E-state index is 0.549. The van der Waals surface area contributed by atoms with Gasteiger partial charge in [-0.2, -0.15) is 0 Å². The first kappa shape index (κ1) is 9.27. The van der Waals surface area contributed by atoms with Crippen LogP contribution in [0.25, 0.3) is 0 Å². The van der Waals surface area contributed by atoms with Crippen molar-refractivity contribution in [2.45, 2.75) is 18.1 Å². The molecule has 0 bridgehead atoms. The Hall–Kier alpha value is 0.270. The molecular formula is C4H11O4P. The van der Waals surface area contributed by atoms with Crippen LogP contribution in [0.15, 0.2) is 0 Å². The monoisotopic (exact) mass is 154 g/mol. The fraction of sp³-hybridized carbons (Fsp3) is 1.00. The Balaban J connectivity index is 3.58. The first-order valence-electron chi connectivity index (χ1n) is 2.50. The summed E-state index contributed by atoms with van der Waals surface area (Å²) in [5.74, 6) is -1.09. The van der Waals surface area contributed by atoms with E-state index in [0.29, 0.717) is 0 Å². The highest BCUT2D eigenvalue weighted by atomic mass is 31.0. The summed E-state index contributed by atoms with van der Waals surface area (Å²) < 4.78 is 0. The normalized spacial score (nSPS) is 21.0. The SMILES string of the molecule is OCC(O)C(O)C(O)P. The lowest BCUT2D eigenvalue weighted by atomic mass is 10.2. The molecule has 0 fully saturated rings. The molecule has 0 aliphatic carbocycles. The van der Waals surface area contributed by atoms with Gasteiger partial charge in [0.15, 0.2) is 0 Å². The van der Waals surface area contributed by atoms with Crippen molar-refractivity contribution in [1.29, 1.82) is 0 Å². The third kappa shape index (κ3) is 3.08. The molecule has 4 nitrogen and oxygen atoms in total. The Kier molecular flexibility index (Phi) is 4.27. The van der Waals surface area contributed by atoms with Gasteiger partial charge in [-0.15, -0.1) is 9.24 Å². The molecule has 5 heteroatoms. The average molecular weight is 154 g/mol. The number of aliphatic hydroxyl groups is 4. The molecule has 0 saturated carbocycles. The molecule has 0 radical (unpaired) electrons. The molecule has 0 aromatic carbocycles. The molecule has 0 aromatic rings. The van der Waals surface area contributed by atoms with E-state index >= 15 is 0 Å². The molecule has 0 heterocycles. The number of hydrogen-bond acceptors (Lipinski definition) is 4. The molecule has 56 valence electrons. The lowest BCUT2D eigenvalue weighted by molar-refractivity contribution is -0.0494. The summed E-state index contributed by atoms with van der Waals surface area (Å²) in [6.07, 6.45) is -2.56. The Morgan fingerprint density at radius 2 is 1.67 bits per heavy atom. The minimum Gasteiger partial charge on any atom is -0.394 e. The number of rotatable bonds is 3. The number of hydrogen-bond donors (Lipinski definition) is 4. The van der Waals surface area contributed by atoms with Crippen LogP contribution < -0.4 is 0 Å². The summed E-state index contributed by atoms with van der Waals surface area (Å²) in [4.78, 5) is 0. The fourth-order valence-electron chi connectivity index (χ4n) is 0.336. The Bertz CT molecular complexity index is 77.0. The van der Waals surface area contributed by atoms with E-state index in [0.717, 1.165) is 0 Å². The predicted octanol–water partition coefficient (Wildman–Crippen LogP) is -2.11. The molecule has 0 aromatic heterocycles. The Morgan fingerprint density at radius 3 is 1.78 bits per heavy atom. The van der Waals surface area contributed by atoms with Gasteiger partial charge < -0.3 is 20.4 Å². The van der Waals surface area contributed by atoms with E-state index in [2.05, 4.69) is 0 Å². The summed E-state index contributed by atoms with van der Waals surface area (Å²) in [5, 5.41) is 34.1. The van der Waals surface area contributed by atoms with Gasteiger partial charge in [-0.25, -0.2) is 0 Å². The van der Waals surface area contributed by atoms with Crippen molar-refractivity contribution < 1.29 is 20.4 Å². The van der Waals surface area contributed by atoms with E-state index in [4.69, 9.17) is 20.4 Å². The van der Waals surface area contributed by atoms with Gasteiger partial charge in [0, 0.05) is 0 Å². The molecular weight excluding hydrogens is 143 g/mol. The zero-order valence-corrected chi connectivity index (χ0v) is 5.96. The first-order valence-corrected chi connectivity index (χ1v) is 3.17. The van der Waals surface area contributed by atoms with E-state index < -0.39 is 24.7 Å². The van der Waals surface area contributed by atoms with Crippen molar-refractivity contribution in [2.24, 2.45) is 0 Å². The van der Waals surface area contributed by atoms with E-state index in [9.17, 15) is 0 Å². The molecule has 4 unspecified atom stereocenters. The van der Waals surface area contributed by atoms with Crippen LogP contribution in [0.4, 0.5) is 0 Å². The van der Waals surface area contributed by atoms with Gasteiger partial charge in [-0.3, -0.25) is 0 Å². The van der Waals surface area contributed by atoms with Gasteiger partial charge >= 0.3 is 0 Å². The maximum atomic E-state index is 8.71. The smallest absolute Gasteiger partial charge is 0.111 e. The van der Waals surface area contributed by atoms with Crippen molar-refractivity contribution >= 4 is 9.24 Å². The molecule has 0 amide bonds. The van der Waals surface area contributed by atoms with Crippen LogP contribution in [0.2, 0.25) is 0 Å². The maximum absolute atomic E-state index is 8.71. The summed E-state index contributed by atoms with van der Waals surface area (Å²) in [6, 6.07) is 0. The fourth-order valence-corrected chi connectivity index (χ4v) is 0.592. The molecule has 0 aliphatic rings. The zero-order valence-electron chi connectivity index (χ0n) is 4.81. The van der Waals surface area contributed by atoms with Crippen molar-refractivity contribution in [2.75, 3.05) is 6.61 Å². The van der Waals surface area contributed by atoms with Crippen molar-refractivity contribution in [1.82, 2.24) is 0 Å². The highest BCUT2D eigenvalue weighted by Crippen LogP contribution is 2.05. The van der Waals surface area contributed by atoms with Crippen LogP contribution in [0.3, 0.4) is 0 Å². The standard InChI is InChI=1S/C4H11O4P/c5-1-2(6)3(7)4(8)9/h2-8H,1,9H2. The second-order valence-corrected chi connectivity index (χ2v) is 2.41. The molecule has 0 spiro atoms. The van der Waals surface area contributed by atoms with Crippen molar-refractivity contribution in [3.8, 4) is 0 Å². The predicted molar refractivity (Wildman–Crippen MR) is 34.8 cm³/mol. The molecule has 0 aliphatic heterocycles. The van der Waals surface area contributed by atoms with E-state index in [1.807, 2.05) is 9.24 Å². The van der Waals surface area contributed by atoms with Gasteiger partial charge in [-0.1, -0.05) is 0 Å². The molecule has 0 rings (SSSR count). The third-order valence-electron chi connectivity index (χ3n) is 0.931. The summed E-state index contributed by atoms with van der Waals surface area (Å²) in [5.41, 5.74) is 0. The topological polar surface area (TPSA) is 80.9 Å². The molecule has 0 saturated heterocycles. The average Bonchev–Trinajstić information content (AvgIpc) is 1.84. The zero-order chi connectivity index (χ0) is 7.44.